The highest BCUT2D eigenvalue weighted by molar-refractivity contribution is 6.34. The monoisotopic (exact) mass is 291 g/mol. The predicted molar refractivity (Wildman–Crippen MR) is 79.4 cm³/mol. The van der Waals surface area contributed by atoms with E-state index < -0.39 is 0 Å². The van der Waals surface area contributed by atoms with E-state index in [2.05, 4.69) is 4.98 Å². The molecule has 1 amide bonds. The molecule has 2 aromatic rings. The number of halogens is 1. The molecule has 0 unspecified atom stereocenters. The van der Waals surface area contributed by atoms with Crippen LogP contribution in [0, 0.1) is 0 Å². The number of carbonyl (C=O) groups is 1. The molecule has 1 aromatic carbocycles. The molecule has 5 nitrogen and oxygen atoms in total. The molecule has 0 fully saturated rings. The van der Waals surface area contributed by atoms with Gasteiger partial charge in [0, 0.05) is 18.9 Å². The van der Waals surface area contributed by atoms with Gasteiger partial charge in [0.15, 0.2) is 0 Å². The van der Waals surface area contributed by atoms with Gasteiger partial charge in [0.2, 0.25) is 0 Å². The Kier molecular flexibility index (Phi) is 4.10. The number of nitrogens with two attached hydrogens (primary N) is 1. The second-order valence-corrected chi connectivity index (χ2v) is 4.56. The number of pyridine rings is 1. The Bertz CT molecular complexity index is 629. The Morgan fingerprint density at radius 3 is 2.60 bits per heavy atom. The van der Waals surface area contributed by atoms with E-state index in [0.717, 1.165) is 11.4 Å². The van der Waals surface area contributed by atoms with Crippen molar-refractivity contribution in [3.63, 3.8) is 0 Å². The van der Waals surface area contributed by atoms with Crippen molar-refractivity contribution in [1.82, 2.24) is 4.98 Å². The maximum Gasteiger partial charge on any atom is 0.259 e. The standard InChI is InChI=1S/C14H14ClN3O2/c1-18(9-3-5-10(20-2)6-4-9)14(19)11-7-13(16)17-8-12(11)15/h3-8H,1-2H3,(H2,16,17). The summed E-state index contributed by atoms with van der Waals surface area (Å²) in [6, 6.07) is 8.60. The molecule has 0 aliphatic carbocycles. The first-order valence-corrected chi connectivity index (χ1v) is 6.24. The van der Waals surface area contributed by atoms with Gasteiger partial charge in [0.05, 0.1) is 17.7 Å². The summed E-state index contributed by atoms with van der Waals surface area (Å²) >= 11 is 5.98. The molecule has 1 heterocycles. The topological polar surface area (TPSA) is 68.5 Å². The summed E-state index contributed by atoms with van der Waals surface area (Å²) in [4.78, 5) is 17.7. The number of benzene rings is 1. The molecule has 0 aliphatic rings. The van der Waals surface area contributed by atoms with E-state index in [-0.39, 0.29) is 16.7 Å². The van der Waals surface area contributed by atoms with Gasteiger partial charge in [-0.2, -0.15) is 0 Å². The molecule has 1 aromatic heterocycles. The lowest BCUT2D eigenvalue weighted by Gasteiger charge is -2.18. The second-order valence-electron chi connectivity index (χ2n) is 4.15. The molecule has 104 valence electrons. The third-order valence-electron chi connectivity index (χ3n) is 2.87. The van der Waals surface area contributed by atoms with Gasteiger partial charge in [0.1, 0.15) is 11.6 Å². The van der Waals surface area contributed by atoms with E-state index in [1.165, 1.54) is 17.2 Å². The lowest BCUT2D eigenvalue weighted by atomic mass is 10.2. The maximum absolute atomic E-state index is 12.4. The van der Waals surface area contributed by atoms with Gasteiger partial charge in [-0.1, -0.05) is 11.6 Å². The normalized spacial score (nSPS) is 10.2. The third-order valence-corrected chi connectivity index (χ3v) is 3.17. The largest absolute Gasteiger partial charge is 0.497 e. The highest BCUT2D eigenvalue weighted by Gasteiger charge is 2.17. The number of methoxy groups -OCH3 is 1. The first-order chi connectivity index (χ1) is 9.52. The van der Waals surface area contributed by atoms with Crippen molar-refractivity contribution in [2.75, 3.05) is 24.8 Å². The molecular formula is C14H14ClN3O2. The zero-order valence-corrected chi connectivity index (χ0v) is 11.9. The third kappa shape index (κ3) is 2.83. The number of aromatic nitrogens is 1. The van der Waals surface area contributed by atoms with Gasteiger partial charge in [-0.3, -0.25) is 4.79 Å². The van der Waals surface area contributed by atoms with Crippen LogP contribution in [0.5, 0.6) is 5.75 Å². The van der Waals surface area contributed by atoms with E-state index in [0.29, 0.717) is 5.56 Å². The lowest BCUT2D eigenvalue weighted by molar-refractivity contribution is 0.0993. The van der Waals surface area contributed by atoms with Crippen LogP contribution in [0.4, 0.5) is 11.5 Å². The van der Waals surface area contributed by atoms with Gasteiger partial charge in [-0.15, -0.1) is 0 Å². The van der Waals surface area contributed by atoms with Gasteiger partial charge < -0.3 is 15.4 Å². The Hall–Kier alpha value is -2.27. The highest BCUT2D eigenvalue weighted by Crippen LogP contribution is 2.23. The van der Waals surface area contributed by atoms with Crippen LogP contribution < -0.4 is 15.4 Å². The quantitative estimate of drug-likeness (QED) is 0.944. The summed E-state index contributed by atoms with van der Waals surface area (Å²) in [5.41, 5.74) is 6.63. The number of carbonyl (C=O) groups excluding carboxylic acids is 1. The minimum Gasteiger partial charge on any atom is -0.497 e. The average Bonchev–Trinajstić information content (AvgIpc) is 2.48. The molecule has 6 heteroatoms. The predicted octanol–water partition coefficient (Wildman–Crippen LogP) is 2.60. The Balaban J connectivity index is 2.29. The van der Waals surface area contributed by atoms with Crippen LogP contribution in [0.15, 0.2) is 36.5 Å². The summed E-state index contributed by atoms with van der Waals surface area (Å²) in [7, 11) is 3.25. The van der Waals surface area contributed by atoms with Crippen LogP contribution in [0.3, 0.4) is 0 Å². The summed E-state index contributed by atoms with van der Waals surface area (Å²) < 4.78 is 5.08. The van der Waals surface area contributed by atoms with E-state index in [1.54, 1.807) is 38.4 Å². The minimum atomic E-state index is -0.255. The molecule has 2 rings (SSSR count). The minimum absolute atomic E-state index is 0.251. The highest BCUT2D eigenvalue weighted by atomic mass is 35.5. The van der Waals surface area contributed by atoms with E-state index in [1.807, 2.05) is 0 Å². The van der Waals surface area contributed by atoms with Crippen LogP contribution in [0.25, 0.3) is 0 Å². The fourth-order valence-electron chi connectivity index (χ4n) is 1.72. The molecule has 20 heavy (non-hydrogen) atoms. The van der Waals surface area contributed by atoms with Crippen molar-refractivity contribution in [2.24, 2.45) is 0 Å². The smallest absolute Gasteiger partial charge is 0.259 e. The van der Waals surface area contributed by atoms with Crippen molar-refractivity contribution < 1.29 is 9.53 Å². The molecule has 0 spiro atoms. The molecular weight excluding hydrogens is 278 g/mol. The Labute approximate surface area is 121 Å². The summed E-state index contributed by atoms with van der Waals surface area (Å²) in [5, 5.41) is 0.268. The van der Waals surface area contributed by atoms with Crippen LogP contribution in [-0.4, -0.2) is 25.0 Å². The Morgan fingerprint density at radius 1 is 1.35 bits per heavy atom. The van der Waals surface area contributed by atoms with E-state index >= 15 is 0 Å². The van der Waals surface area contributed by atoms with Gasteiger partial charge in [0.25, 0.3) is 5.91 Å². The first-order valence-electron chi connectivity index (χ1n) is 5.86. The molecule has 0 atom stereocenters. The number of amides is 1. The summed E-state index contributed by atoms with van der Waals surface area (Å²) in [5.74, 6) is 0.718. The van der Waals surface area contributed by atoms with Gasteiger partial charge >= 0.3 is 0 Å². The number of nitrogen functional groups attached to an aromatic ring is 1. The fourth-order valence-corrected chi connectivity index (χ4v) is 1.91. The zero-order chi connectivity index (χ0) is 14.7. The van der Waals surface area contributed by atoms with Gasteiger partial charge in [-0.05, 0) is 30.3 Å². The van der Waals surface area contributed by atoms with Crippen molar-refractivity contribution in [2.45, 2.75) is 0 Å². The van der Waals surface area contributed by atoms with Gasteiger partial charge in [-0.25, -0.2) is 4.98 Å². The van der Waals surface area contributed by atoms with E-state index in [9.17, 15) is 4.79 Å². The maximum atomic E-state index is 12.4. The van der Waals surface area contributed by atoms with Crippen molar-refractivity contribution in [3.05, 3.63) is 47.1 Å². The average molecular weight is 292 g/mol. The van der Waals surface area contributed by atoms with Crippen LogP contribution >= 0.6 is 11.6 Å². The number of anilines is 2. The summed E-state index contributed by atoms with van der Waals surface area (Å²) in [6.07, 6.45) is 1.37. The molecule has 0 saturated carbocycles. The molecule has 0 radical (unpaired) electrons. The van der Waals surface area contributed by atoms with Crippen LogP contribution in [0.1, 0.15) is 10.4 Å². The fraction of sp³-hybridized carbons (Fsp3) is 0.143. The number of rotatable bonds is 3. The number of hydrogen-bond donors (Lipinski definition) is 1. The van der Waals surface area contributed by atoms with Crippen LogP contribution in [0.2, 0.25) is 5.02 Å². The number of hydrogen-bond acceptors (Lipinski definition) is 4. The van der Waals surface area contributed by atoms with E-state index in [4.69, 9.17) is 22.1 Å². The van der Waals surface area contributed by atoms with Crippen molar-refractivity contribution in [1.29, 1.82) is 0 Å². The van der Waals surface area contributed by atoms with Crippen molar-refractivity contribution >= 4 is 29.0 Å². The molecule has 0 aliphatic heterocycles. The molecule has 0 bridgehead atoms. The first kappa shape index (κ1) is 14.1. The van der Waals surface area contributed by atoms with Crippen LogP contribution in [-0.2, 0) is 0 Å². The zero-order valence-electron chi connectivity index (χ0n) is 11.1. The number of nitrogens with zero attached hydrogens (tertiary/aromatic N) is 2. The number of ether oxygens (including phenoxy) is 1. The molecule has 2 N–H and O–H groups in total. The Morgan fingerprint density at radius 2 is 2.00 bits per heavy atom. The second kappa shape index (κ2) is 5.79. The SMILES string of the molecule is COc1ccc(N(C)C(=O)c2cc(N)ncc2Cl)cc1. The van der Waals surface area contributed by atoms with Crippen molar-refractivity contribution in [3.8, 4) is 5.75 Å². The lowest BCUT2D eigenvalue weighted by Crippen LogP contribution is -2.26. The molecule has 0 saturated heterocycles. The summed E-state index contributed by atoms with van der Waals surface area (Å²) in [6.45, 7) is 0.